The lowest BCUT2D eigenvalue weighted by Crippen LogP contribution is -2.41. The summed E-state index contributed by atoms with van der Waals surface area (Å²) in [6.07, 6.45) is 7.74. The summed E-state index contributed by atoms with van der Waals surface area (Å²) >= 11 is 0. The SMILES string of the molecule is Cc1cccn2c(CNS(=O)(=O)N3CCCCCC3)cnc12. The summed E-state index contributed by atoms with van der Waals surface area (Å²) in [5.74, 6) is 0. The van der Waals surface area contributed by atoms with Crippen molar-refractivity contribution in [1.29, 1.82) is 0 Å². The molecule has 0 aromatic carbocycles. The molecule has 22 heavy (non-hydrogen) atoms. The van der Waals surface area contributed by atoms with Gasteiger partial charge in [0.1, 0.15) is 5.65 Å². The van der Waals surface area contributed by atoms with E-state index in [1.165, 1.54) is 0 Å². The van der Waals surface area contributed by atoms with Gasteiger partial charge in [-0.1, -0.05) is 18.9 Å². The van der Waals surface area contributed by atoms with E-state index in [0.29, 0.717) is 13.1 Å². The summed E-state index contributed by atoms with van der Waals surface area (Å²) in [6, 6.07) is 3.93. The van der Waals surface area contributed by atoms with E-state index in [4.69, 9.17) is 0 Å². The Labute approximate surface area is 131 Å². The summed E-state index contributed by atoms with van der Waals surface area (Å²) in [7, 11) is -3.42. The van der Waals surface area contributed by atoms with Crippen LogP contribution >= 0.6 is 0 Å². The molecule has 0 saturated carbocycles. The zero-order chi connectivity index (χ0) is 15.6. The summed E-state index contributed by atoms with van der Waals surface area (Å²) in [4.78, 5) is 4.36. The molecular weight excluding hydrogens is 300 g/mol. The maximum atomic E-state index is 12.4. The largest absolute Gasteiger partial charge is 0.303 e. The van der Waals surface area contributed by atoms with Crippen LogP contribution in [0.15, 0.2) is 24.5 Å². The summed E-state index contributed by atoms with van der Waals surface area (Å²) in [5, 5.41) is 0. The number of pyridine rings is 1. The predicted molar refractivity (Wildman–Crippen MR) is 85.7 cm³/mol. The third kappa shape index (κ3) is 3.16. The first-order valence-electron chi connectivity index (χ1n) is 7.74. The molecule has 0 radical (unpaired) electrons. The van der Waals surface area contributed by atoms with Gasteiger partial charge >= 0.3 is 0 Å². The Morgan fingerprint density at radius 3 is 2.68 bits per heavy atom. The average molecular weight is 322 g/mol. The van der Waals surface area contributed by atoms with Crippen LogP contribution in [0, 0.1) is 6.92 Å². The lowest BCUT2D eigenvalue weighted by molar-refractivity contribution is 0.414. The number of rotatable bonds is 4. The molecule has 1 aliphatic rings. The van der Waals surface area contributed by atoms with Gasteiger partial charge in [0.05, 0.1) is 18.4 Å². The normalized spacial score (nSPS) is 17.7. The number of nitrogens with zero attached hydrogens (tertiary/aromatic N) is 3. The van der Waals surface area contributed by atoms with E-state index in [1.807, 2.05) is 29.7 Å². The van der Waals surface area contributed by atoms with Crippen molar-refractivity contribution >= 4 is 15.9 Å². The van der Waals surface area contributed by atoms with E-state index < -0.39 is 10.2 Å². The van der Waals surface area contributed by atoms with Crippen molar-refractivity contribution in [1.82, 2.24) is 18.4 Å². The fraction of sp³-hybridized carbons (Fsp3) is 0.533. The van der Waals surface area contributed by atoms with Gasteiger partial charge in [0.15, 0.2) is 0 Å². The zero-order valence-corrected chi connectivity index (χ0v) is 13.6. The second-order valence-electron chi connectivity index (χ2n) is 5.77. The van der Waals surface area contributed by atoms with Crippen LogP contribution in [0.1, 0.15) is 36.9 Å². The van der Waals surface area contributed by atoms with Gasteiger partial charge in [-0.05, 0) is 31.4 Å². The quantitative estimate of drug-likeness (QED) is 0.934. The van der Waals surface area contributed by atoms with Crippen molar-refractivity contribution in [3.05, 3.63) is 35.8 Å². The Morgan fingerprint density at radius 1 is 1.23 bits per heavy atom. The number of fused-ring (bicyclic) bond motifs is 1. The minimum absolute atomic E-state index is 0.253. The molecule has 0 atom stereocenters. The number of nitrogens with one attached hydrogen (secondary N) is 1. The van der Waals surface area contributed by atoms with Crippen LogP contribution in [0.3, 0.4) is 0 Å². The fourth-order valence-electron chi connectivity index (χ4n) is 2.87. The molecule has 1 saturated heterocycles. The fourth-order valence-corrected chi connectivity index (χ4v) is 4.12. The minimum Gasteiger partial charge on any atom is -0.303 e. The Bertz CT molecular complexity index is 746. The zero-order valence-electron chi connectivity index (χ0n) is 12.8. The van der Waals surface area contributed by atoms with E-state index in [0.717, 1.165) is 42.6 Å². The standard InChI is InChI=1S/C15H22N4O2S/c1-13-7-6-10-19-14(11-16-15(13)19)12-17-22(20,21)18-8-4-2-3-5-9-18/h6-7,10-11,17H,2-5,8-9,12H2,1H3. The molecule has 6 nitrogen and oxygen atoms in total. The van der Waals surface area contributed by atoms with E-state index >= 15 is 0 Å². The summed E-state index contributed by atoms with van der Waals surface area (Å²) < 4.78 is 31.0. The van der Waals surface area contributed by atoms with Gasteiger partial charge in [0.25, 0.3) is 10.2 Å². The molecule has 1 N–H and O–H groups in total. The smallest absolute Gasteiger partial charge is 0.279 e. The third-order valence-corrected chi connectivity index (χ3v) is 5.70. The average Bonchev–Trinajstić information content (AvgIpc) is 2.72. The number of hydrogen-bond acceptors (Lipinski definition) is 3. The first-order chi connectivity index (χ1) is 10.6. The molecule has 1 aliphatic heterocycles. The maximum absolute atomic E-state index is 12.4. The highest BCUT2D eigenvalue weighted by molar-refractivity contribution is 7.87. The van der Waals surface area contributed by atoms with Crippen molar-refractivity contribution in [2.75, 3.05) is 13.1 Å². The van der Waals surface area contributed by atoms with Gasteiger partial charge in [0, 0.05) is 19.3 Å². The van der Waals surface area contributed by atoms with Gasteiger partial charge in [-0.25, -0.2) is 4.98 Å². The van der Waals surface area contributed by atoms with Crippen LogP contribution in [-0.2, 0) is 16.8 Å². The Hall–Kier alpha value is -1.44. The van der Waals surface area contributed by atoms with Gasteiger partial charge in [-0.2, -0.15) is 17.4 Å². The van der Waals surface area contributed by atoms with E-state index in [1.54, 1.807) is 10.5 Å². The van der Waals surface area contributed by atoms with Crippen molar-refractivity contribution in [3.63, 3.8) is 0 Å². The maximum Gasteiger partial charge on any atom is 0.279 e. The first kappa shape index (κ1) is 15.5. The lowest BCUT2D eigenvalue weighted by Gasteiger charge is -2.20. The van der Waals surface area contributed by atoms with Crippen LogP contribution in [0.5, 0.6) is 0 Å². The Morgan fingerprint density at radius 2 is 1.95 bits per heavy atom. The monoisotopic (exact) mass is 322 g/mol. The van der Waals surface area contributed by atoms with Crippen LogP contribution in [0.25, 0.3) is 5.65 Å². The summed E-state index contributed by atoms with van der Waals surface area (Å²) in [6.45, 7) is 3.47. The Kier molecular flexibility index (Phi) is 4.46. The Balaban J connectivity index is 1.74. The molecule has 2 aromatic heterocycles. The number of hydrogen-bond donors (Lipinski definition) is 1. The lowest BCUT2D eigenvalue weighted by atomic mass is 10.2. The molecule has 0 spiro atoms. The van der Waals surface area contributed by atoms with Crippen LogP contribution in [-0.4, -0.2) is 35.2 Å². The molecular formula is C15H22N4O2S. The highest BCUT2D eigenvalue weighted by Crippen LogP contribution is 2.14. The van der Waals surface area contributed by atoms with Crippen molar-refractivity contribution in [2.45, 2.75) is 39.2 Å². The van der Waals surface area contributed by atoms with E-state index in [2.05, 4.69) is 9.71 Å². The molecule has 0 aliphatic carbocycles. The van der Waals surface area contributed by atoms with Crippen LogP contribution in [0.2, 0.25) is 0 Å². The van der Waals surface area contributed by atoms with Gasteiger partial charge in [-0.15, -0.1) is 0 Å². The molecule has 1 fully saturated rings. The molecule has 3 rings (SSSR count). The molecule has 120 valence electrons. The van der Waals surface area contributed by atoms with Crippen molar-refractivity contribution < 1.29 is 8.42 Å². The van der Waals surface area contributed by atoms with Crippen LogP contribution in [0.4, 0.5) is 0 Å². The minimum atomic E-state index is -3.42. The number of aromatic nitrogens is 2. The van der Waals surface area contributed by atoms with Crippen molar-refractivity contribution in [2.24, 2.45) is 0 Å². The van der Waals surface area contributed by atoms with Gasteiger partial charge in [0.2, 0.25) is 0 Å². The highest BCUT2D eigenvalue weighted by Gasteiger charge is 2.22. The predicted octanol–water partition coefficient (Wildman–Crippen LogP) is 1.85. The van der Waals surface area contributed by atoms with Crippen LogP contribution < -0.4 is 4.72 Å². The first-order valence-corrected chi connectivity index (χ1v) is 9.18. The molecule has 7 heteroatoms. The van der Waals surface area contributed by atoms with E-state index in [-0.39, 0.29) is 6.54 Å². The topological polar surface area (TPSA) is 66.7 Å². The number of aryl methyl sites for hydroxylation is 1. The highest BCUT2D eigenvalue weighted by atomic mass is 32.2. The van der Waals surface area contributed by atoms with E-state index in [9.17, 15) is 8.42 Å². The molecule has 0 bridgehead atoms. The van der Waals surface area contributed by atoms with Crippen molar-refractivity contribution in [3.8, 4) is 0 Å². The summed E-state index contributed by atoms with van der Waals surface area (Å²) in [5.41, 5.74) is 2.78. The molecule has 0 unspecified atom stereocenters. The third-order valence-electron chi connectivity index (χ3n) is 4.15. The van der Waals surface area contributed by atoms with Gasteiger partial charge < -0.3 is 4.40 Å². The molecule has 3 heterocycles. The molecule has 2 aromatic rings. The second-order valence-corrected chi connectivity index (χ2v) is 7.53. The van der Waals surface area contributed by atoms with Gasteiger partial charge in [-0.3, -0.25) is 0 Å². The number of imidazole rings is 1. The second kappa shape index (κ2) is 6.36. The molecule has 0 amide bonds.